The van der Waals surface area contributed by atoms with Crippen molar-refractivity contribution in [2.24, 2.45) is 0 Å². The van der Waals surface area contributed by atoms with Crippen LogP contribution >= 0.6 is 15.9 Å². The molecule has 0 radical (unpaired) electrons. The summed E-state index contributed by atoms with van der Waals surface area (Å²) in [5.41, 5.74) is 9.93. The molecule has 2 N–H and O–H groups in total. The van der Waals surface area contributed by atoms with E-state index in [0.717, 1.165) is 60.5 Å². The Labute approximate surface area is 187 Å². The Bertz CT molecular complexity index is 1540. The van der Waals surface area contributed by atoms with Crippen LogP contribution in [0.5, 0.6) is 0 Å². The van der Waals surface area contributed by atoms with E-state index >= 15 is 0 Å². The fraction of sp³-hybridized carbons (Fsp3) is 0. The van der Waals surface area contributed by atoms with Gasteiger partial charge in [0.05, 0.1) is 22.8 Å². The number of halogens is 1. The lowest BCUT2D eigenvalue weighted by Crippen LogP contribution is -1.86. The number of hydrogen-bond donors (Lipinski definition) is 2. The van der Waals surface area contributed by atoms with E-state index in [9.17, 15) is 0 Å². The third-order valence-electron chi connectivity index (χ3n) is 5.32. The number of fused-ring (bicyclic) bond motifs is 8. The second-order valence-electron chi connectivity index (χ2n) is 7.60. The second kappa shape index (κ2) is 7.22. The van der Waals surface area contributed by atoms with E-state index in [1.807, 2.05) is 24.3 Å². The third-order valence-corrected chi connectivity index (χ3v) is 5.85. The molecular weight excluding hydrogens is 448 g/mol. The van der Waals surface area contributed by atoms with Crippen LogP contribution in [0.4, 0.5) is 0 Å². The van der Waals surface area contributed by atoms with Crippen molar-refractivity contribution >= 4 is 61.8 Å². The molecule has 4 aromatic rings. The zero-order valence-electron chi connectivity index (χ0n) is 16.4. The second-order valence-corrected chi connectivity index (χ2v) is 8.51. The average Bonchev–Trinajstić information content (AvgIpc) is 3.54. The lowest BCUT2D eigenvalue weighted by molar-refractivity contribution is 1.27. The average molecular weight is 465 g/mol. The molecule has 0 saturated carbocycles. The monoisotopic (exact) mass is 464 g/mol. The molecule has 148 valence electrons. The Balaban J connectivity index is 1.63. The number of nitrogens with one attached hydrogen (secondary N) is 2. The molecule has 0 amide bonds. The van der Waals surface area contributed by atoms with Crippen LogP contribution in [0.1, 0.15) is 28.3 Å². The highest BCUT2D eigenvalue weighted by Gasteiger charge is 2.13. The van der Waals surface area contributed by atoms with Gasteiger partial charge in [-0.1, -0.05) is 28.1 Å². The maximum Gasteiger partial charge on any atom is 0.0737 e. The summed E-state index contributed by atoms with van der Waals surface area (Å²) < 4.78 is 1.05. The van der Waals surface area contributed by atoms with Crippen LogP contribution in [0.3, 0.4) is 0 Å². The standard InChI is InChI=1S/C26H17BrN4/c27-17-3-1-16(2-4-17)25-14-24-13-22-8-7-20(29-22)11-18-5-6-19(28-18)12-21-9-10-23(30-21)15-26(25)31-24/h1-15,28-29H. The number of hydrogen-bond acceptors (Lipinski definition) is 2. The normalized spacial score (nSPS) is 12.7. The van der Waals surface area contributed by atoms with Crippen molar-refractivity contribution in [3.8, 4) is 0 Å². The van der Waals surface area contributed by atoms with Gasteiger partial charge in [0.25, 0.3) is 0 Å². The smallest absolute Gasteiger partial charge is 0.0737 e. The minimum atomic E-state index is 0.891. The lowest BCUT2D eigenvalue weighted by atomic mass is 10.0. The summed E-state index contributed by atoms with van der Waals surface area (Å²) in [6.07, 6.45) is 6.19. The molecule has 0 saturated heterocycles. The highest BCUT2D eigenvalue weighted by molar-refractivity contribution is 9.10. The minimum Gasteiger partial charge on any atom is -0.355 e. The van der Waals surface area contributed by atoms with Crippen LogP contribution in [0.2, 0.25) is 0 Å². The van der Waals surface area contributed by atoms with Crippen molar-refractivity contribution in [3.63, 3.8) is 0 Å². The van der Waals surface area contributed by atoms with E-state index in [0.29, 0.717) is 0 Å². The van der Waals surface area contributed by atoms with Crippen LogP contribution in [0, 0.1) is 0 Å². The predicted molar refractivity (Wildman–Crippen MR) is 131 cm³/mol. The largest absolute Gasteiger partial charge is 0.355 e. The van der Waals surface area contributed by atoms with E-state index in [2.05, 4.69) is 92.6 Å². The summed E-state index contributed by atoms with van der Waals surface area (Å²) >= 11 is 3.52. The molecule has 0 fully saturated rings. The van der Waals surface area contributed by atoms with E-state index in [1.54, 1.807) is 0 Å². The molecular formula is C26H17BrN4. The fourth-order valence-electron chi connectivity index (χ4n) is 3.88. The summed E-state index contributed by atoms with van der Waals surface area (Å²) in [6, 6.07) is 24.8. The fourth-order valence-corrected chi connectivity index (χ4v) is 4.14. The molecule has 0 aliphatic carbocycles. The predicted octanol–water partition coefficient (Wildman–Crippen LogP) is 6.84. The molecule has 0 spiro atoms. The van der Waals surface area contributed by atoms with Gasteiger partial charge in [0.1, 0.15) is 0 Å². The third kappa shape index (κ3) is 3.64. The van der Waals surface area contributed by atoms with Gasteiger partial charge in [-0.2, -0.15) is 0 Å². The summed E-state index contributed by atoms with van der Waals surface area (Å²) in [5.74, 6) is 0. The molecule has 8 bridgehead atoms. The molecule has 5 heteroatoms. The van der Waals surface area contributed by atoms with Gasteiger partial charge in [-0.25, -0.2) is 9.97 Å². The number of H-pyrrole nitrogens is 2. The summed E-state index contributed by atoms with van der Waals surface area (Å²) in [5, 5.41) is 0. The highest BCUT2D eigenvalue weighted by Crippen LogP contribution is 2.30. The molecule has 1 aromatic carbocycles. The van der Waals surface area contributed by atoms with E-state index < -0.39 is 0 Å². The molecule has 6 rings (SSSR count). The zero-order chi connectivity index (χ0) is 20.8. The van der Waals surface area contributed by atoms with Crippen molar-refractivity contribution < 1.29 is 0 Å². The number of aromatic amines is 2. The number of rotatable bonds is 1. The van der Waals surface area contributed by atoms with Crippen LogP contribution in [-0.2, 0) is 0 Å². The molecule has 31 heavy (non-hydrogen) atoms. The summed E-state index contributed by atoms with van der Waals surface area (Å²) in [4.78, 5) is 16.5. The first-order chi connectivity index (χ1) is 15.2. The molecule has 3 aromatic heterocycles. The van der Waals surface area contributed by atoms with Crippen LogP contribution < -0.4 is 0 Å². The minimum absolute atomic E-state index is 0.891. The first-order valence-electron chi connectivity index (χ1n) is 10.0. The molecule has 5 heterocycles. The Kier molecular flexibility index (Phi) is 4.21. The molecule has 0 atom stereocenters. The Morgan fingerprint density at radius 2 is 1.16 bits per heavy atom. The van der Waals surface area contributed by atoms with Crippen LogP contribution in [0.25, 0.3) is 45.9 Å². The van der Waals surface area contributed by atoms with E-state index in [1.165, 1.54) is 0 Å². The van der Waals surface area contributed by atoms with Gasteiger partial charge in [0, 0.05) is 32.1 Å². The lowest BCUT2D eigenvalue weighted by Gasteiger charge is -2.02. The van der Waals surface area contributed by atoms with Gasteiger partial charge in [-0.3, -0.25) is 0 Å². The van der Waals surface area contributed by atoms with Crippen molar-refractivity contribution in [2.45, 2.75) is 0 Å². The first-order valence-corrected chi connectivity index (χ1v) is 10.8. The number of aromatic nitrogens is 4. The van der Waals surface area contributed by atoms with Crippen LogP contribution in [-0.4, -0.2) is 19.9 Å². The van der Waals surface area contributed by atoms with Gasteiger partial charge in [-0.15, -0.1) is 0 Å². The Morgan fingerprint density at radius 3 is 1.84 bits per heavy atom. The van der Waals surface area contributed by atoms with Crippen LogP contribution in [0.15, 0.2) is 77.3 Å². The van der Waals surface area contributed by atoms with Crippen molar-refractivity contribution in [3.05, 3.63) is 106 Å². The SMILES string of the molecule is Brc1ccc(C2=Cc3cc4ccc(cc5ccc(cc6nc(cc2n3)C=C6)[nH]5)[nH]4)cc1. The molecule has 2 aliphatic rings. The highest BCUT2D eigenvalue weighted by atomic mass is 79.9. The number of nitrogens with zero attached hydrogens (tertiary/aromatic N) is 2. The summed E-state index contributed by atoms with van der Waals surface area (Å²) in [6.45, 7) is 0. The Morgan fingerprint density at radius 1 is 0.581 bits per heavy atom. The zero-order valence-corrected chi connectivity index (χ0v) is 18.0. The van der Waals surface area contributed by atoms with Gasteiger partial charge in [0.15, 0.2) is 0 Å². The van der Waals surface area contributed by atoms with Crippen molar-refractivity contribution in [1.82, 2.24) is 19.9 Å². The van der Waals surface area contributed by atoms with Crippen molar-refractivity contribution in [2.75, 3.05) is 0 Å². The maximum atomic E-state index is 4.91. The van der Waals surface area contributed by atoms with Gasteiger partial charge in [0.2, 0.25) is 0 Å². The van der Waals surface area contributed by atoms with E-state index in [-0.39, 0.29) is 0 Å². The maximum absolute atomic E-state index is 4.91. The van der Waals surface area contributed by atoms with E-state index in [4.69, 9.17) is 9.97 Å². The van der Waals surface area contributed by atoms with Gasteiger partial charge >= 0.3 is 0 Å². The van der Waals surface area contributed by atoms with Gasteiger partial charge in [-0.05, 0) is 84.5 Å². The van der Waals surface area contributed by atoms with Gasteiger partial charge < -0.3 is 9.97 Å². The first kappa shape index (κ1) is 18.1. The van der Waals surface area contributed by atoms with Crippen molar-refractivity contribution in [1.29, 1.82) is 0 Å². The topological polar surface area (TPSA) is 57.4 Å². The Hall–Kier alpha value is -3.70. The summed E-state index contributed by atoms with van der Waals surface area (Å²) in [7, 11) is 0. The number of benzene rings is 1. The molecule has 2 aliphatic heterocycles. The quantitative estimate of drug-likeness (QED) is 0.280. The molecule has 4 nitrogen and oxygen atoms in total. The molecule has 0 unspecified atom stereocenters.